The first-order valence-electron chi connectivity index (χ1n) is 4.08. The summed E-state index contributed by atoms with van der Waals surface area (Å²) in [6, 6.07) is 3.81. The van der Waals surface area contributed by atoms with Crippen molar-refractivity contribution in [1.29, 1.82) is 0 Å². The first-order valence-corrected chi connectivity index (χ1v) is 4.49. The molecular weight excluding hydrogens is 222 g/mol. The predicted molar refractivity (Wildman–Crippen MR) is 56.7 cm³/mol. The number of halogens is 2. The van der Waals surface area contributed by atoms with Crippen LogP contribution in [0.3, 0.4) is 0 Å². The summed E-state index contributed by atoms with van der Waals surface area (Å²) in [5, 5.41) is 1.87. The van der Waals surface area contributed by atoms with E-state index in [1.54, 1.807) is 0 Å². The van der Waals surface area contributed by atoms with Gasteiger partial charge in [-0.25, -0.2) is 8.78 Å². The van der Waals surface area contributed by atoms with Crippen LogP contribution in [0.5, 0.6) is 5.75 Å². The largest absolute Gasteiger partial charge is 0.497 e. The average Bonchev–Trinajstić information content (AvgIpc) is 2.16. The van der Waals surface area contributed by atoms with Crippen molar-refractivity contribution in [2.24, 2.45) is 5.73 Å². The van der Waals surface area contributed by atoms with Gasteiger partial charge >= 0.3 is 0 Å². The van der Waals surface area contributed by atoms with Gasteiger partial charge in [0.1, 0.15) is 11.6 Å². The minimum atomic E-state index is -1.76. The van der Waals surface area contributed by atoms with Crippen LogP contribution in [0.25, 0.3) is 0 Å². The molecule has 1 rings (SSSR count). The van der Waals surface area contributed by atoms with Crippen molar-refractivity contribution < 1.29 is 13.5 Å². The third-order valence-electron chi connectivity index (χ3n) is 1.75. The Morgan fingerprint density at radius 2 is 2.27 bits per heavy atom. The van der Waals surface area contributed by atoms with Gasteiger partial charge in [-0.05, 0) is 24.4 Å². The summed E-state index contributed by atoms with van der Waals surface area (Å²) in [6.45, 7) is 0. The number of methoxy groups -OCH3 is 1. The van der Waals surface area contributed by atoms with Gasteiger partial charge < -0.3 is 15.8 Å². The molecule has 1 aromatic carbocycles. The molecule has 0 bridgehead atoms. The van der Waals surface area contributed by atoms with Gasteiger partial charge in [0.15, 0.2) is 5.11 Å². The molecule has 0 saturated carbocycles. The Bertz CT molecular complexity index is 373. The van der Waals surface area contributed by atoms with Crippen LogP contribution in [0.15, 0.2) is 18.2 Å². The second-order valence-corrected chi connectivity index (χ2v) is 3.20. The van der Waals surface area contributed by atoms with Crippen LogP contribution < -0.4 is 15.8 Å². The van der Waals surface area contributed by atoms with Gasteiger partial charge in [-0.1, -0.05) is 0 Å². The summed E-state index contributed by atoms with van der Waals surface area (Å²) in [6.07, 6.45) is -1.76. The van der Waals surface area contributed by atoms with Gasteiger partial charge in [-0.3, -0.25) is 0 Å². The van der Waals surface area contributed by atoms with Gasteiger partial charge in [-0.15, -0.1) is 0 Å². The maximum Gasteiger partial charge on any atom is 0.200 e. The fourth-order valence-corrected chi connectivity index (χ4v) is 1.15. The number of alkyl halides is 1. The molecule has 6 heteroatoms. The highest BCUT2D eigenvalue weighted by atomic mass is 32.1. The standard InChI is InChI=1S/C9H10F2N2OS/c1-14-5-2-3-6(7(10)4-5)8(11)13-9(12)15/h2-4,8H,1H3,(H3,12,13,15). The van der Waals surface area contributed by atoms with Gasteiger partial charge in [0.05, 0.1) is 7.11 Å². The molecule has 3 N–H and O–H groups in total. The van der Waals surface area contributed by atoms with Crippen LogP contribution in [0, 0.1) is 5.82 Å². The van der Waals surface area contributed by atoms with E-state index in [1.807, 2.05) is 0 Å². The Labute approximate surface area is 91.2 Å². The minimum absolute atomic E-state index is 0.163. The number of thiocarbonyl (C=S) groups is 1. The summed E-state index contributed by atoms with van der Waals surface area (Å²) >= 11 is 4.44. The van der Waals surface area contributed by atoms with Crippen molar-refractivity contribution >= 4 is 17.3 Å². The lowest BCUT2D eigenvalue weighted by molar-refractivity contribution is 0.310. The predicted octanol–water partition coefficient (Wildman–Crippen LogP) is 1.64. The third kappa shape index (κ3) is 3.02. The van der Waals surface area contributed by atoms with E-state index in [-0.39, 0.29) is 10.7 Å². The Hall–Kier alpha value is -1.43. The van der Waals surface area contributed by atoms with Crippen LogP contribution in [0.2, 0.25) is 0 Å². The molecule has 0 amide bonds. The van der Waals surface area contributed by atoms with E-state index >= 15 is 0 Å². The highest BCUT2D eigenvalue weighted by Crippen LogP contribution is 2.22. The zero-order valence-corrected chi connectivity index (χ0v) is 8.78. The molecule has 15 heavy (non-hydrogen) atoms. The van der Waals surface area contributed by atoms with Crippen molar-refractivity contribution in [2.75, 3.05) is 7.11 Å². The molecule has 0 saturated heterocycles. The van der Waals surface area contributed by atoms with Crippen LogP contribution in [-0.2, 0) is 0 Å². The first-order chi connectivity index (χ1) is 7.04. The van der Waals surface area contributed by atoms with E-state index in [4.69, 9.17) is 10.5 Å². The number of ether oxygens (including phenoxy) is 1. The zero-order chi connectivity index (χ0) is 11.4. The molecule has 82 valence electrons. The summed E-state index contributed by atoms with van der Waals surface area (Å²) < 4.78 is 31.4. The molecule has 0 aliphatic heterocycles. The van der Waals surface area contributed by atoms with Crippen molar-refractivity contribution in [3.05, 3.63) is 29.6 Å². The second kappa shape index (κ2) is 4.88. The molecule has 0 aromatic heterocycles. The average molecular weight is 232 g/mol. The van der Waals surface area contributed by atoms with Crippen molar-refractivity contribution in [1.82, 2.24) is 5.32 Å². The fourth-order valence-electron chi connectivity index (χ4n) is 1.04. The fraction of sp³-hybridized carbons (Fsp3) is 0.222. The maximum absolute atomic E-state index is 13.3. The van der Waals surface area contributed by atoms with Gasteiger partial charge in [-0.2, -0.15) is 0 Å². The van der Waals surface area contributed by atoms with Gasteiger partial charge in [0.2, 0.25) is 6.30 Å². The number of nitrogens with one attached hydrogen (secondary N) is 1. The third-order valence-corrected chi connectivity index (χ3v) is 1.87. The summed E-state index contributed by atoms with van der Waals surface area (Å²) in [5.41, 5.74) is 4.91. The lowest BCUT2D eigenvalue weighted by Gasteiger charge is -2.11. The first kappa shape index (κ1) is 11.6. The van der Waals surface area contributed by atoms with E-state index in [0.717, 1.165) is 6.07 Å². The lowest BCUT2D eigenvalue weighted by atomic mass is 10.2. The van der Waals surface area contributed by atoms with E-state index in [2.05, 4.69) is 17.5 Å². The number of hydrogen-bond donors (Lipinski definition) is 2. The molecule has 0 fully saturated rings. The van der Waals surface area contributed by atoms with Crippen LogP contribution in [0.4, 0.5) is 8.78 Å². The summed E-state index contributed by atoms with van der Waals surface area (Å²) in [7, 11) is 1.40. The highest BCUT2D eigenvalue weighted by molar-refractivity contribution is 7.80. The van der Waals surface area contributed by atoms with Crippen LogP contribution >= 0.6 is 12.2 Å². The van der Waals surface area contributed by atoms with E-state index in [9.17, 15) is 8.78 Å². The van der Waals surface area contributed by atoms with Crippen LogP contribution in [-0.4, -0.2) is 12.2 Å². The normalized spacial score (nSPS) is 11.9. The summed E-state index contributed by atoms with van der Waals surface area (Å²) in [4.78, 5) is 0. The molecule has 3 nitrogen and oxygen atoms in total. The minimum Gasteiger partial charge on any atom is -0.497 e. The van der Waals surface area contributed by atoms with Gasteiger partial charge in [0.25, 0.3) is 0 Å². The number of hydrogen-bond acceptors (Lipinski definition) is 2. The summed E-state index contributed by atoms with van der Waals surface area (Å²) in [5.74, 6) is -0.399. The maximum atomic E-state index is 13.3. The second-order valence-electron chi connectivity index (χ2n) is 2.76. The van der Waals surface area contributed by atoms with Crippen LogP contribution in [0.1, 0.15) is 11.9 Å². The lowest BCUT2D eigenvalue weighted by Crippen LogP contribution is -2.31. The molecule has 0 radical (unpaired) electrons. The SMILES string of the molecule is COc1ccc(C(F)NC(N)=S)c(F)c1. The van der Waals surface area contributed by atoms with Gasteiger partial charge in [0, 0.05) is 11.6 Å². The molecule has 1 atom stereocenters. The number of nitrogens with two attached hydrogens (primary N) is 1. The molecular formula is C9H10F2N2OS. The molecule has 1 unspecified atom stereocenters. The van der Waals surface area contributed by atoms with E-state index in [0.29, 0.717) is 5.75 Å². The van der Waals surface area contributed by atoms with Crippen molar-refractivity contribution in [3.8, 4) is 5.75 Å². The molecule has 0 spiro atoms. The Kier molecular flexibility index (Phi) is 3.79. The Morgan fingerprint density at radius 3 is 2.73 bits per heavy atom. The van der Waals surface area contributed by atoms with Crippen molar-refractivity contribution in [2.45, 2.75) is 6.30 Å². The highest BCUT2D eigenvalue weighted by Gasteiger charge is 2.15. The topological polar surface area (TPSA) is 47.3 Å². The number of rotatable bonds is 3. The molecule has 1 aromatic rings. The Balaban J connectivity index is 2.90. The van der Waals surface area contributed by atoms with E-state index < -0.39 is 12.1 Å². The monoisotopic (exact) mass is 232 g/mol. The van der Waals surface area contributed by atoms with E-state index in [1.165, 1.54) is 19.2 Å². The Morgan fingerprint density at radius 1 is 1.60 bits per heavy atom. The molecule has 0 aliphatic rings. The molecule has 0 heterocycles. The zero-order valence-electron chi connectivity index (χ0n) is 7.96. The van der Waals surface area contributed by atoms with Crippen molar-refractivity contribution in [3.63, 3.8) is 0 Å². The molecule has 0 aliphatic carbocycles. The smallest absolute Gasteiger partial charge is 0.200 e. The number of benzene rings is 1. The quantitative estimate of drug-likeness (QED) is 0.614.